The number of nitrogens with zero attached hydrogens (tertiary/aromatic N) is 1. The molecule has 1 aromatic rings. The molecule has 0 aliphatic heterocycles. The normalized spacial score (nSPS) is 15.0. The van der Waals surface area contributed by atoms with E-state index in [-0.39, 0.29) is 18.0 Å². The van der Waals surface area contributed by atoms with E-state index in [0.717, 1.165) is 0 Å². The molecule has 1 aromatic heterocycles. The number of thiophene rings is 1. The van der Waals surface area contributed by atoms with Gasteiger partial charge in [-0.2, -0.15) is 0 Å². The zero-order valence-corrected chi connectivity index (χ0v) is 10.5. The highest BCUT2D eigenvalue weighted by atomic mass is 32.1. The van der Waals surface area contributed by atoms with Gasteiger partial charge in [0.1, 0.15) is 0 Å². The van der Waals surface area contributed by atoms with Crippen LogP contribution in [0.1, 0.15) is 24.3 Å². The Hall–Kier alpha value is -0.910. The van der Waals surface area contributed by atoms with Crippen LogP contribution >= 0.6 is 11.3 Å². The fraction of sp³-hybridized carbons (Fsp3) is 0.545. The van der Waals surface area contributed by atoms with Crippen molar-refractivity contribution in [1.29, 1.82) is 0 Å². The molecule has 0 aliphatic carbocycles. The summed E-state index contributed by atoms with van der Waals surface area (Å²) in [5.41, 5.74) is 10.9. The number of hydrogen-bond acceptors (Lipinski definition) is 4. The van der Waals surface area contributed by atoms with Gasteiger partial charge in [-0.05, 0) is 25.4 Å². The number of amides is 1. The summed E-state index contributed by atoms with van der Waals surface area (Å²) in [4.78, 5) is 14.3. The summed E-state index contributed by atoms with van der Waals surface area (Å²) in [7, 11) is 1.98. The molecular formula is C11H19N3OS. The molecule has 0 bridgehead atoms. The first kappa shape index (κ1) is 13.2. The van der Waals surface area contributed by atoms with E-state index in [2.05, 4.69) is 17.9 Å². The summed E-state index contributed by atoms with van der Waals surface area (Å²) in [6.07, 6.45) is 0.308. The van der Waals surface area contributed by atoms with Crippen molar-refractivity contribution in [2.45, 2.75) is 25.4 Å². The van der Waals surface area contributed by atoms with Gasteiger partial charge < -0.3 is 11.5 Å². The van der Waals surface area contributed by atoms with Crippen LogP contribution in [0.5, 0.6) is 0 Å². The molecule has 16 heavy (non-hydrogen) atoms. The van der Waals surface area contributed by atoms with Gasteiger partial charge in [-0.25, -0.2) is 0 Å². The van der Waals surface area contributed by atoms with E-state index < -0.39 is 0 Å². The van der Waals surface area contributed by atoms with Gasteiger partial charge in [-0.1, -0.05) is 6.07 Å². The van der Waals surface area contributed by atoms with Crippen LogP contribution in [0.2, 0.25) is 0 Å². The fourth-order valence-corrected chi connectivity index (χ4v) is 2.51. The highest BCUT2D eigenvalue weighted by molar-refractivity contribution is 7.10. The molecular weight excluding hydrogens is 222 g/mol. The lowest BCUT2D eigenvalue weighted by Gasteiger charge is -2.31. The average Bonchev–Trinajstić information content (AvgIpc) is 2.76. The maximum atomic E-state index is 10.9. The van der Waals surface area contributed by atoms with Crippen molar-refractivity contribution < 1.29 is 4.79 Å². The molecule has 4 N–H and O–H groups in total. The second-order valence-electron chi connectivity index (χ2n) is 3.92. The van der Waals surface area contributed by atoms with Crippen molar-refractivity contribution in [3.63, 3.8) is 0 Å². The molecule has 5 heteroatoms. The van der Waals surface area contributed by atoms with Gasteiger partial charge >= 0.3 is 0 Å². The Morgan fingerprint density at radius 1 is 1.62 bits per heavy atom. The second-order valence-corrected chi connectivity index (χ2v) is 4.90. The van der Waals surface area contributed by atoms with E-state index in [4.69, 9.17) is 11.5 Å². The van der Waals surface area contributed by atoms with Crippen molar-refractivity contribution in [2.24, 2.45) is 11.5 Å². The third kappa shape index (κ3) is 3.30. The first-order valence-electron chi connectivity index (χ1n) is 5.30. The van der Waals surface area contributed by atoms with E-state index in [0.29, 0.717) is 13.0 Å². The zero-order valence-electron chi connectivity index (χ0n) is 9.72. The molecule has 1 amide bonds. The summed E-state index contributed by atoms with van der Waals surface area (Å²) in [5.74, 6) is -0.305. The number of nitrogens with two attached hydrogens (primary N) is 2. The highest BCUT2D eigenvalue weighted by Crippen LogP contribution is 2.25. The topological polar surface area (TPSA) is 72.3 Å². The molecule has 1 rings (SSSR count). The van der Waals surface area contributed by atoms with Crippen LogP contribution in [-0.4, -0.2) is 30.4 Å². The van der Waals surface area contributed by atoms with Gasteiger partial charge in [-0.15, -0.1) is 11.3 Å². The molecule has 0 aliphatic rings. The van der Waals surface area contributed by atoms with Gasteiger partial charge in [0.25, 0.3) is 0 Å². The van der Waals surface area contributed by atoms with Gasteiger partial charge in [-0.3, -0.25) is 9.69 Å². The van der Waals surface area contributed by atoms with Gasteiger partial charge in [0.2, 0.25) is 5.91 Å². The van der Waals surface area contributed by atoms with E-state index in [1.165, 1.54) is 4.88 Å². The maximum Gasteiger partial charge on any atom is 0.219 e. The Kier molecular flexibility index (Phi) is 4.92. The molecule has 90 valence electrons. The van der Waals surface area contributed by atoms with Crippen LogP contribution in [0.25, 0.3) is 0 Å². The highest BCUT2D eigenvalue weighted by Gasteiger charge is 2.21. The standard InChI is InChI=1S/C11H19N3OS/c1-8(10-4-3-5-16-10)14(2)9(7-12)6-11(13)15/h3-5,8-9H,6-7,12H2,1-2H3,(H2,13,15). The van der Waals surface area contributed by atoms with Crippen LogP contribution in [-0.2, 0) is 4.79 Å². The van der Waals surface area contributed by atoms with Crippen LogP contribution in [0.3, 0.4) is 0 Å². The van der Waals surface area contributed by atoms with E-state index >= 15 is 0 Å². The average molecular weight is 241 g/mol. The van der Waals surface area contributed by atoms with Crippen molar-refractivity contribution in [1.82, 2.24) is 4.90 Å². The summed E-state index contributed by atoms with van der Waals surface area (Å²) in [6.45, 7) is 2.55. The molecule has 0 spiro atoms. The Balaban J connectivity index is 2.67. The lowest BCUT2D eigenvalue weighted by Crippen LogP contribution is -2.41. The Morgan fingerprint density at radius 2 is 2.31 bits per heavy atom. The summed E-state index contributed by atoms with van der Waals surface area (Å²) < 4.78 is 0. The van der Waals surface area contributed by atoms with Crippen LogP contribution < -0.4 is 11.5 Å². The Morgan fingerprint density at radius 3 is 2.75 bits per heavy atom. The monoisotopic (exact) mass is 241 g/mol. The third-order valence-electron chi connectivity index (χ3n) is 2.85. The Bertz CT molecular complexity index is 326. The van der Waals surface area contributed by atoms with Crippen molar-refractivity contribution in [3.8, 4) is 0 Å². The van der Waals surface area contributed by atoms with Gasteiger partial charge in [0, 0.05) is 29.9 Å². The lowest BCUT2D eigenvalue weighted by molar-refractivity contribution is -0.119. The van der Waals surface area contributed by atoms with Crippen molar-refractivity contribution in [3.05, 3.63) is 22.4 Å². The number of carbonyl (C=O) groups excluding carboxylic acids is 1. The van der Waals surface area contributed by atoms with E-state index in [9.17, 15) is 4.79 Å². The number of primary amides is 1. The van der Waals surface area contributed by atoms with Crippen molar-refractivity contribution >= 4 is 17.2 Å². The van der Waals surface area contributed by atoms with Crippen molar-refractivity contribution in [2.75, 3.05) is 13.6 Å². The minimum absolute atomic E-state index is 0.00889. The summed E-state index contributed by atoms with van der Waals surface area (Å²) >= 11 is 1.71. The van der Waals surface area contributed by atoms with Gasteiger partial charge in [0.15, 0.2) is 0 Å². The number of rotatable bonds is 6. The maximum absolute atomic E-state index is 10.9. The van der Waals surface area contributed by atoms with E-state index in [1.807, 2.05) is 18.5 Å². The van der Waals surface area contributed by atoms with Crippen LogP contribution in [0.4, 0.5) is 0 Å². The first-order valence-corrected chi connectivity index (χ1v) is 6.18. The minimum Gasteiger partial charge on any atom is -0.370 e. The Labute approximate surface area is 100 Å². The molecule has 0 aromatic carbocycles. The molecule has 0 saturated carbocycles. The summed E-state index contributed by atoms with van der Waals surface area (Å²) in [6, 6.07) is 4.38. The minimum atomic E-state index is -0.305. The first-order chi connectivity index (χ1) is 7.56. The molecule has 0 radical (unpaired) electrons. The van der Waals surface area contributed by atoms with Crippen LogP contribution in [0, 0.1) is 0 Å². The summed E-state index contributed by atoms with van der Waals surface area (Å²) in [5, 5.41) is 2.05. The fourth-order valence-electron chi connectivity index (χ4n) is 1.67. The molecule has 2 unspecified atom stereocenters. The predicted octanol–water partition coefficient (Wildman–Crippen LogP) is 0.944. The van der Waals surface area contributed by atoms with Gasteiger partial charge in [0.05, 0.1) is 0 Å². The third-order valence-corrected chi connectivity index (χ3v) is 3.89. The number of likely N-dealkylation sites (N-methyl/N-ethyl adjacent to an activating group) is 1. The number of carbonyl (C=O) groups is 1. The molecule has 2 atom stereocenters. The zero-order chi connectivity index (χ0) is 12.1. The molecule has 0 fully saturated rings. The second kappa shape index (κ2) is 5.98. The molecule has 4 nitrogen and oxygen atoms in total. The SMILES string of the molecule is CC(c1cccs1)N(C)C(CN)CC(N)=O. The smallest absolute Gasteiger partial charge is 0.219 e. The quantitative estimate of drug-likeness (QED) is 0.778. The largest absolute Gasteiger partial charge is 0.370 e. The molecule has 0 saturated heterocycles. The number of hydrogen-bond donors (Lipinski definition) is 2. The molecule has 1 heterocycles. The lowest BCUT2D eigenvalue weighted by atomic mass is 10.1. The predicted molar refractivity (Wildman–Crippen MR) is 67.2 cm³/mol. The van der Waals surface area contributed by atoms with Crippen LogP contribution in [0.15, 0.2) is 17.5 Å². The van der Waals surface area contributed by atoms with E-state index in [1.54, 1.807) is 11.3 Å².